The molecule has 0 aliphatic carbocycles. The zero-order chi connectivity index (χ0) is 19.6. The molecule has 1 aliphatic rings. The Kier molecular flexibility index (Phi) is 5.24. The van der Waals surface area contributed by atoms with Crippen LogP contribution in [0.5, 0.6) is 17.2 Å². The van der Waals surface area contributed by atoms with Gasteiger partial charge in [0.25, 0.3) is 5.91 Å². The first-order valence-corrected chi connectivity index (χ1v) is 9.60. The summed E-state index contributed by atoms with van der Waals surface area (Å²) in [4.78, 5) is 13.9. The van der Waals surface area contributed by atoms with Crippen molar-refractivity contribution in [1.29, 1.82) is 0 Å². The van der Waals surface area contributed by atoms with Gasteiger partial charge < -0.3 is 19.1 Å². The highest BCUT2D eigenvalue weighted by Crippen LogP contribution is 2.33. The quantitative estimate of drug-likeness (QED) is 0.799. The van der Waals surface area contributed by atoms with Crippen LogP contribution in [0, 0.1) is 0 Å². The van der Waals surface area contributed by atoms with Gasteiger partial charge in [-0.3, -0.25) is 4.79 Å². The van der Waals surface area contributed by atoms with E-state index in [0.717, 1.165) is 0 Å². The van der Waals surface area contributed by atoms with Crippen LogP contribution in [0.25, 0.3) is 0 Å². The lowest BCUT2D eigenvalue weighted by Gasteiger charge is -2.31. The Labute approximate surface area is 157 Å². The molecule has 1 N–H and O–H groups in total. The van der Waals surface area contributed by atoms with E-state index < -0.39 is 16.1 Å². The van der Waals surface area contributed by atoms with Gasteiger partial charge in [0, 0.05) is 13.1 Å². The van der Waals surface area contributed by atoms with Gasteiger partial charge in [0.1, 0.15) is 5.75 Å². The van der Waals surface area contributed by atoms with E-state index in [9.17, 15) is 13.2 Å². The Morgan fingerprint density at radius 2 is 1.81 bits per heavy atom. The van der Waals surface area contributed by atoms with Gasteiger partial charge in [-0.2, -0.15) is 0 Å². The third-order valence-corrected chi connectivity index (χ3v) is 5.65. The summed E-state index contributed by atoms with van der Waals surface area (Å²) in [7, 11) is 0.636. The van der Waals surface area contributed by atoms with Gasteiger partial charge in [0.15, 0.2) is 17.6 Å². The number of carbonyl (C=O) groups excluding carboxylic acids is 1. The first-order chi connectivity index (χ1) is 12.9. The van der Waals surface area contributed by atoms with E-state index in [4.69, 9.17) is 14.2 Å². The molecule has 1 amide bonds. The van der Waals surface area contributed by atoms with Gasteiger partial charge in [-0.1, -0.05) is 12.1 Å². The molecule has 0 radical (unpaired) electrons. The van der Waals surface area contributed by atoms with Crippen LogP contribution in [0.3, 0.4) is 0 Å². The van der Waals surface area contributed by atoms with Crippen molar-refractivity contribution >= 4 is 21.6 Å². The molecule has 1 heterocycles. The summed E-state index contributed by atoms with van der Waals surface area (Å²) in [5.41, 5.74) is 0.640. The summed E-state index contributed by atoms with van der Waals surface area (Å²) in [5, 5.41) is 0. The molecule has 0 saturated carbocycles. The van der Waals surface area contributed by atoms with E-state index >= 15 is 0 Å². The molecule has 9 heteroatoms. The number of hydrogen-bond donors (Lipinski definition) is 1. The van der Waals surface area contributed by atoms with Crippen molar-refractivity contribution in [1.82, 2.24) is 4.72 Å². The minimum Gasteiger partial charge on any atom is -0.493 e. The van der Waals surface area contributed by atoms with Crippen LogP contribution in [0.2, 0.25) is 0 Å². The number of carbonyl (C=O) groups is 1. The third kappa shape index (κ3) is 3.69. The highest BCUT2D eigenvalue weighted by molar-refractivity contribution is 7.89. The number of benzene rings is 2. The first kappa shape index (κ1) is 19.0. The minimum atomic E-state index is -3.87. The average molecular weight is 392 g/mol. The number of anilines is 1. The fourth-order valence-corrected chi connectivity index (χ4v) is 3.80. The van der Waals surface area contributed by atoms with Crippen molar-refractivity contribution < 1.29 is 27.4 Å². The van der Waals surface area contributed by atoms with Gasteiger partial charge in [-0.15, -0.1) is 0 Å². The lowest BCUT2D eigenvalue weighted by Crippen LogP contribution is -2.49. The van der Waals surface area contributed by atoms with Crippen molar-refractivity contribution in [2.24, 2.45) is 0 Å². The highest BCUT2D eigenvalue weighted by Gasteiger charge is 2.33. The number of para-hydroxylation sites is 2. The number of hydrogen-bond acceptors (Lipinski definition) is 6. The van der Waals surface area contributed by atoms with E-state index in [2.05, 4.69) is 4.72 Å². The summed E-state index contributed by atoms with van der Waals surface area (Å²) in [6.07, 6.45) is -0.959. The van der Waals surface area contributed by atoms with Crippen molar-refractivity contribution in [2.45, 2.75) is 11.0 Å². The normalized spacial score (nSPS) is 16.5. The molecule has 1 atom stereocenters. The number of nitrogens with one attached hydrogen (secondary N) is 1. The predicted octanol–water partition coefficient (Wildman–Crippen LogP) is 1.41. The monoisotopic (exact) mass is 392 g/mol. The third-order valence-electron chi connectivity index (χ3n) is 4.23. The van der Waals surface area contributed by atoms with Gasteiger partial charge >= 0.3 is 0 Å². The molecule has 0 aromatic heterocycles. The molecule has 3 rings (SSSR count). The summed E-state index contributed by atoms with van der Waals surface area (Å²) in [5.74, 6) is 0.901. The predicted molar refractivity (Wildman–Crippen MR) is 99.0 cm³/mol. The minimum absolute atomic E-state index is 0.00263. The second-order valence-electron chi connectivity index (χ2n) is 5.84. The molecular formula is C18H20N2O6S. The molecule has 0 bridgehead atoms. The van der Waals surface area contributed by atoms with Crippen LogP contribution >= 0.6 is 0 Å². The second-order valence-corrected chi connectivity index (χ2v) is 7.61. The van der Waals surface area contributed by atoms with Gasteiger partial charge in [-0.25, -0.2) is 13.1 Å². The SMILES string of the molecule is COc1ccc(S(=O)(=O)NCC2Oc3ccccc3N(C)C2=O)cc1OC. The smallest absolute Gasteiger partial charge is 0.269 e. The standard InChI is InChI=1S/C18H20N2O6S/c1-20-13-6-4-5-7-14(13)26-17(18(20)21)11-19-27(22,23)12-8-9-15(24-2)16(10-12)25-3/h4-10,17,19H,11H2,1-3H3. The number of rotatable bonds is 6. The number of likely N-dealkylation sites (N-methyl/N-ethyl adjacent to an activating group) is 1. The number of amides is 1. The van der Waals surface area contributed by atoms with Gasteiger partial charge in [-0.05, 0) is 24.3 Å². The Balaban J connectivity index is 1.77. The van der Waals surface area contributed by atoms with Crippen LogP contribution in [0.15, 0.2) is 47.4 Å². The maximum absolute atomic E-state index is 12.6. The summed E-state index contributed by atoms with van der Waals surface area (Å²) in [6, 6.07) is 11.3. The van der Waals surface area contributed by atoms with Crippen molar-refractivity contribution in [3.63, 3.8) is 0 Å². The maximum atomic E-state index is 12.6. The lowest BCUT2D eigenvalue weighted by atomic mass is 10.2. The summed E-state index contributed by atoms with van der Waals surface area (Å²) < 4.78 is 43.5. The van der Waals surface area contributed by atoms with Crippen LogP contribution < -0.4 is 23.8 Å². The van der Waals surface area contributed by atoms with Crippen LogP contribution in [0.1, 0.15) is 0 Å². The van der Waals surface area contributed by atoms with Gasteiger partial charge in [0.05, 0.1) is 31.3 Å². The number of ether oxygens (including phenoxy) is 3. The largest absolute Gasteiger partial charge is 0.493 e. The molecule has 0 spiro atoms. The molecule has 2 aromatic rings. The molecule has 27 heavy (non-hydrogen) atoms. The van der Waals surface area contributed by atoms with Crippen molar-refractivity contribution in [3.8, 4) is 17.2 Å². The van der Waals surface area contributed by atoms with Crippen LogP contribution in [-0.4, -0.2) is 48.2 Å². The van der Waals surface area contributed by atoms with Gasteiger partial charge in [0.2, 0.25) is 10.0 Å². The maximum Gasteiger partial charge on any atom is 0.269 e. The van der Waals surface area contributed by atoms with E-state index in [0.29, 0.717) is 22.9 Å². The first-order valence-electron chi connectivity index (χ1n) is 8.12. The Bertz CT molecular complexity index is 960. The fourth-order valence-electron chi connectivity index (χ4n) is 2.75. The molecule has 1 aliphatic heterocycles. The van der Waals surface area contributed by atoms with E-state index in [1.54, 1.807) is 31.3 Å². The Hall–Kier alpha value is -2.78. The van der Waals surface area contributed by atoms with E-state index in [-0.39, 0.29) is 17.3 Å². The number of fused-ring (bicyclic) bond motifs is 1. The van der Waals surface area contributed by atoms with Crippen LogP contribution in [-0.2, 0) is 14.8 Å². The molecule has 0 saturated heterocycles. The molecule has 8 nitrogen and oxygen atoms in total. The molecule has 1 unspecified atom stereocenters. The highest BCUT2D eigenvalue weighted by atomic mass is 32.2. The lowest BCUT2D eigenvalue weighted by molar-refractivity contribution is -0.125. The number of methoxy groups -OCH3 is 2. The topological polar surface area (TPSA) is 94.2 Å². The number of sulfonamides is 1. The number of nitrogens with zero attached hydrogens (tertiary/aromatic N) is 1. The average Bonchev–Trinajstić information content (AvgIpc) is 2.69. The Morgan fingerprint density at radius 3 is 2.52 bits per heavy atom. The fraction of sp³-hybridized carbons (Fsp3) is 0.278. The van der Waals surface area contributed by atoms with E-state index in [1.165, 1.54) is 37.3 Å². The van der Waals surface area contributed by atoms with E-state index in [1.807, 2.05) is 0 Å². The molecule has 144 valence electrons. The van der Waals surface area contributed by atoms with Crippen molar-refractivity contribution in [2.75, 3.05) is 32.7 Å². The van der Waals surface area contributed by atoms with Crippen LogP contribution in [0.4, 0.5) is 5.69 Å². The summed E-state index contributed by atoms with van der Waals surface area (Å²) >= 11 is 0. The zero-order valence-corrected chi connectivity index (χ0v) is 15.9. The second kappa shape index (κ2) is 7.45. The molecular weight excluding hydrogens is 372 g/mol. The molecule has 0 fully saturated rings. The summed E-state index contributed by atoms with van der Waals surface area (Å²) in [6.45, 7) is -0.200. The Morgan fingerprint density at radius 1 is 1.11 bits per heavy atom. The van der Waals surface area contributed by atoms with Crippen molar-refractivity contribution in [3.05, 3.63) is 42.5 Å². The molecule has 2 aromatic carbocycles. The zero-order valence-electron chi connectivity index (χ0n) is 15.1.